The fraction of sp³-hybridized carbons (Fsp3) is 0.278. The zero-order valence-electron chi connectivity index (χ0n) is 14.7. The second-order valence-corrected chi connectivity index (χ2v) is 6.70. The molecule has 3 aromatic rings. The number of hydrogen-bond donors (Lipinski definition) is 1. The number of fused-ring (bicyclic) bond motifs is 1. The zero-order chi connectivity index (χ0) is 19.0. The van der Waals surface area contributed by atoms with Gasteiger partial charge < -0.3 is 14.8 Å². The molecule has 3 heterocycles. The fourth-order valence-corrected chi connectivity index (χ4v) is 3.32. The van der Waals surface area contributed by atoms with Crippen molar-refractivity contribution in [2.45, 2.75) is 12.8 Å². The third-order valence-corrected chi connectivity index (χ3v) is 4.88. The second kappa shape index (κ2) is 7.07. The summed E-state index contributed by atoms with van der Waals surface area (Å²) in [6.07, 6.45) is 4.98. The molecule has 1 aliphatic carbocycles. The molecule has 27 heavy (non-hydrogen) atoms. The average Bonchev–Trinajstić information content (AvgIpc) is 3.49. The fourth-order valence-electron chi connectivity index (χ4n) is 2.97. The Hall–Kier alpha value is -2.81. The van der Waals surface area contributed by atoms with Gasteiger partial charge in [-0.25, -0.2) is 13.9 Å². The van der Waals surface area contributed by atoms with Gasteiger partial charge in [0.05, 0.1) is 19.8 Å². The lowest BCUT2D eigenvalue weighted by Crippen LogP contribution is -2.14. The van der Waals surface area contributed by atoms with Crippen LogP contribution >= 0.6 is 12.3 Å². The number of rotatable bonds is 6. The van der Waals surface area contributed by atoms with E-state index in [-0.39, 0.29) is 24.2 Å². The van der Waals surface area contributed by atoms with Gasteiger partial charge in [-0.3, -0.25) is 4.79 Å². The third-order valence-electron chi connectivity index (χ3n) is 4.45. The molecule has 9 heteroatoms. The summed E-state index contributed by atoms with van der Waals surface area (Å²) in [6, 6.07) is 5.20. The van der Waals surface area contributed by atoms with Crippen molar-refractivity contribution in [1.29, 1.82) is 0 Å². The number of amides is 1. The summed E-state index contributed by atoms with van der Waals surface area (Å²) < 4.78 is 25.7. The second-order valence-electron chi connectivity index (χ2n) is 6.17. The SMILES string of the molecule is COc1ccnc(OC)c1-c1cn(SF)c2nc(NC(=O)C3CC3)ccc12. The van der Waals surface area contributed by atoms with Crippen molar-refractivity contribution in [3.63, 3.8) is 0 Å². The van der Waals surface area contributed by atoms with E-state index in [1.165, 1.54) is 11.1 Å². The molecule has 0 bridgehead atoms. The standard InChI is InChI=1S/C18H17FN4O3S/c1-25-13-7-8-20-18(26-2)15(13)12-9-23(27-19)16-11(12)5-6-14(21-16)22-17(24)10-3-4-10/h5-10H,3-4H2,1-2H3,(H,21,22,24). The topological polar surface area (TPSA) is 78.3 Å². The molecule has 140 valence electrons. The number of nitrogens with one attached hydrogen (secondary N) is 1. The molecule has 4 rings (SSSR count). The molecule has 0 saturated heterocycles. The van der Waals surface area contributed by atoms with Crippen LogP contribution < -0.4 is 14.8 Å². The highest BCUT2D eigenvalue weighted by Crippen LogP contribution is 2.42. The number of ether oxygens (including phenoxy) is 2. The molecule has 0 radical (unpaired) electrons. The Morgan fingerprint density at radius 2 is 2.11 bits per heavy atom. The van der Waals surface area contributed by atoms with Crippen molar-refractivity contribution in [2.75, 3.05) is 19.5 Å². The predicted molar refractivity (Wildman–Crippen MR) is 102 cm³/mol. The van der Waals surface area contributed by atoms with Gasteiger partial charge >= 0.3 is 0 Å². The van der Waals surface area contributed by atoms with Gasteiger partial charge in [-0.2, -0.15) is 0 Å². The summed E-state index contributed by atoms with van der Waals surface area (Å²) in [5.74, 6) is 1.32. The molecule has 1 amide bonds. The van der Waals surface area contributed by atoms with E-state index in [2.05, 4.69) is 15.3 Å². The van der Waals surface area contributed by atoms with Gasteiger partial charge in [-0.05, 0) is 31.0 Å². The molecule has 1 N–H and O–H groups in total. The van der Waals surface area contributed by atoms with Crippen LogP contribution in [0.2, 0.25) is 0 Å². The highest BCUT2D eigenvalue weighted by Gasteiger charge is 2.30. The van der Waals surface area contributed by atoms with Crippen molar-refractivity contribution in [3.8, 4) is 22.8 Å². The summed E-state index contributed by atoms with van der Waals surface area (Å²) in [5, 5.41) is 3.47. The molecule has 0 atom stereocenters. The minimum absolute atomic E-state index is 0.0264. The van der Waals surface area contributed by atoms with Gasteiger partial charge in [0, 0.05) is 29.3 Å². The van der Waals surface area contributed by atoms with E-state index < -0.39 is 0 Å². The third kappa shape index (κ3) is 3.18. The maximum atomic E-state index is 13.6. The first-order valence-corrected chi connectivity index (χ1v) is 9.03. The van der Waals surface area contributed by atoms with Crippen molar-refractivity contribution in [3.05, 3.63) is 30.6 Å². The van der Waals surface area contributed by atoms with E-state index in [0.717, 1.165) is 12.8 Å². The van der Waals surface area contributed by atoms with Crippen molar-refractivity contribution >= 4 is 35.1 Å². The van der Waals surface area contributed by atoms with Crippen LogP contribution in [0.25, 0.3) is 22.2 Å². The highest BCUT2D eigenvalue weighted by molar-refractivity contribution is 7.92. The smallest absolute Gasteiger partial charge is 0.228 e. The normalized spacial score (nSPS) is 13.6. The predicted octanol–water partition coefficient (Wildman–Crippen LogP) is 3.84. The molecule has 0 unspecified atom stereocenters. The lowest BCUT2D eigenvalue weighted by molar-refractivity contribution is -0.117. The molecular formula is C18H17FN4O3S. The minimum Gasteiger partial charge on any atom is -0.496 e. The summed E-state index contributed by atoms with van der Waals surface area (Å²) >= 11 is 0.0264. The number of pyridine rings is 2. The molecule has 0 aromatic carbocycles. The summed E-state index contributed by atoms with van der Waals surface area (Å²) in [5.41, 5.74) is 1.67. The van der Waals surface area contributed by atoms with Crippen LogP contribution in [0.5, 0.6) is 11.6 Å². The molecular weight excluding hydrogens is 371 g/mol. The van der Waals surface area contributed by atoms with E-state index in [1.54, 1.807) is 37.7 Å². The summed E-state index contributed by atoms with van der Waals surface area (Å²) in [4.78, 5) is 20.6. The lowest BCUT2D eigenvalue weighted by atomic mass is 10.1. The largest absolute Gasteiger partial charge is 0.496 e. The van der Waals surface area contributed by atoms with Crippen molar-refractivity contribution in [2.24, 2.45) is 5.92 Å². The lowest BCUT2D eigenvalue weighted by Gasteiger charge is -2.11. The first-order valence-electron chi connectivity index (χ1n) is 8.35. The minimum atomic E-state index is -0.0521. The van der Waals surface area contributed by atoms with E-state index >= 15 is 0 Å². The Kier molecular flexibility index (Phi) is 4.61. The maximum absolute atomic E-state index is 13.6. The number of aromatic nitrogens is 3. The van der Waals surface area contributed by atoms with E-state index in [1.807, 2.05) is 0 Å². The Balaban J connectivity index is 1.84. The van der Waals surface area contributed by atoms with Crippen LogP contribution in [0.3, 0.4) is 0 Å². The molecule has 7 nitrogen and oxygen atoms in total. The number of hydrogen-bond acceptors (Lipinski definition) is 6. The monoisotopic (exact) mass is 388 g/mol. The van der Waals surface area contributed by atoms with E-state index in [0.29, 0.717) is 39.6 Å². The Morgan fingerprint density at radius 3 is 2.78 bits per heavy atom. The van der Waals surface area contributed by atoms with Gasteiger partial charge in [0.15, 0.2) is 18.0 Å². The van der Waals surface area contributed by atoms with Crippen LogP contribution in [-0.4, -0.2) is 34.1 Å². The Morgan fingerprint density at radius 1 is 1.30 bits per heavy atom. The zero-order valence-corrected chi connectivity index (χ0v) is 15.5. The first kappa shape index (κ1) is 17.6. The summed E-state index contributed by atoms with van der Waals surface area (Å²) in [6.45, 7) is 0. The molecule has 1 fully saturated rings. The maximum Gasteiger partial charge on any atom is 0.228 e. The number of methoxy groups -OCH3 is 2. The van der Waals surface area contributed by atoms with Gasteiger partial charge in [0.2, 0.25) is 11.8 Å². The van der Waals surface area contributed by atoms with E-state index in [9.17, 15) is 8.68 Å². The van der Waals surface area contributed by atoms with Crippen LogP contribution in [0.4, 0.5) is 9.70 Å². The van der Waals surface area contributed by atoms with Crippen LogP contribution in [0.1, 0.15) is 12.8 Å². The average molecular weight is 388 g/mol. The molecule has 0 spiro atoms. The number of nitrogens with zero attached hydrogens (tertiary/aromatic N) is 3. The molecule has 1 saturated carbocycles. The molecule has 1 aliphatic rings. The number of anilines is 1. The van der Waals surface area contributed by atoms with Crippen LogP contribution in [-0.2, 0) is 4.79 Å². The van der Waals surface area contributed by atoms with Gasteiger partial charge in [0.1, 0.15) is 11.6 Å². The number of carbonyl (C=O) groups is 1. The van der Waals surface area contributed by atoms with Crippen molar-refractivity contribution < 1.29 is 18.2 Å². The summed E-state index contributed by atoms with van der Waals surface area (Å²) in [7, 11) is 3.06. The van der Waals surface area contributed by atoms with Crippen molar-refractivity contribution in [1.82, 2.24) is 13.9 Å². The van der Waals surface area contributed by atoms with Gasteiger partial charge in [-0.1, -0.05) is 0 Å². The molecule has 0 aliphatic heterocycles. The number of carbonyl (C=O) groups excluding carboxylic acids is 1. The quantitative estimate of drug-likeness (QED) is 0.691. The first-order chi connectivity index (χ1) is 13.2. The Labute approximate surface area is 159 Å². The van der Waals surface area contributed by atoms with Crippen LogP contribution in [0, 0.1) is 5.92 Å². The van der Waals surface area contributed by atoms with E-state index in [4.69, 9.17) is 9.47 Å². The highest BCUT2D eigenvalue weighted by atomic mass is 32.2. The van der Waals surface area contributed by atoms with Gasteiger partial charge in [0.25, 0.3) is 0 Å². The van der Waals surface area contributed by atoms with Crippen LogP contribution in [0.15, 0.2) is 30.6 Å². The van der Waals surface area contributed by atoms with Gasteiger partial charge in [-0.15, -0.1) is 3.89 Å². The number of halogens is 1. The molecule has 3 aromatic heterocycles. The Bertz CT molecular complexity index is 997.